The molecule has 1 aliphatic heterocycles. The number of hydrogen-bond donors (Lipinski definition) is 2. The van der Waals surface area contributed by atoms with Crippen molar-refractivity contribution in [3.05, 3.63) is 89.7 Å². The first kappa shape index (κ1) is 22.1. The van der Waals surface area contributed by atoms with Gasteiger partial charge in [-0.15, -0.1) is 0 Å². The average Bonchev–Trinajstić information content (AvgIpc) is 2.84. The average molecular weight is 441 g/mol. The fourth-order valence-corrected chi connectivity index (χ4v) is 4.00. The third-order valence-corrected chi connectivity index (χ3v) is 5.59. The molecule has 0 atom stereocenters. The number of benzene rings is 2. The maximum Gasteiger partial charge on any atom is 0.290 e. The van der Waals surface area contributed by atoms with E-state index in [0.29, 0.717) is 5.56 Å². The molecule has 3 heterocycles. The third kappa shape index (κ3) is 5.05. The van der Waals surface area contributed by atoms with Crippen LogP contribution in [0, 0.1) is 0 Å². The Hall–Kier alpha value is -4.10. The molecule has 7 nitrogen and oxygen atoms in total. The van der Waals surface area contributed by atoms with Gasteiger partial charge in [0.2, 0.25) is 0 Å². The third-order valence-electron chi connectivity index (χ3n) is 5.59. The molecule has 2 aromatic heterocycles. The number of nitrogens with zero attached hydrogens (tertiary/aromatic N) is 3. The van der Waals surface area contributed by atoms with Crippen molar-refractivity contribution in [2.75, 3.05) is 18.9 Å². The van der Waals surface area contributed by atoms with Crippen LogP contribution in [0.3, 0.4) is 0 Å². The minimum atomic E-state index is -0.250. The first-order chi connectivity index (χ1) is 16.1. The number of anilines is 1. The van der Waals surface area contributed by atoms with Crippen LogP contribution in [0.2, 0.25) is 0 Å². The molecule has 0 fully saturated rings. The molecule has 0 unspecified atom stereocenters. The van der Waals surface area contributed by atoms with Gasteiger partial charge in [-0.1, -0.05) is 24.3 Å². The number of carboxylic acid groups (broad SMARTS) is 1. The normalized spacial score (nSPS) is 12.9. The summed E-state index contributed by atoms with van der Waals surface area (Å²) in [4.78, 5) is 32.9. The summed E-state index contributed by atoms with van der Waals surface area (Å²) in [5, 5.41) is 10.8. The second-order valence-corrected chi connectivity index (χ2v) is 7.84. The molecule has 4 aromatic rings. The number of hydrogen-bond acceptors (Lipinski definition) is 5. The molecule has 0 saturated carbocycles. The Morgan fingerprint density at radius 2 is 1.91 bits per heavy atom. The molecule has 0 aliphatic carbocycles. The van der Waals surface area contributed by atoms with E-state index in [9.17, 15) is 4.79 Å². The van der Waals surface area contributed by atoms with Gasteiger partial charge in [0.15, 0.2) is 0 Å². The van der Waals surface area contributed by atoms with E-state index in [1.807, 2.05) is 48.5 Å². The number of aromatic nitrogens is 2. The Morgan fingerprint density at radius 3 is 2.70 bits per heavy atom. The number of amides is 1. The van der Waals surface area contributed by atoms with Crippen LogP contribution in [-0.4, -0.2) is 45.9 Å². The second-order valence-electron chi connectivity index (χ2n) is 7.84. The number of para-hydroxylation sites is 1. The summed E-state index contributed by atoms with van der Waals surface area (Å²) in [5.41, 5.74) is 6.47. The topological polar surface area (TPSA) is 95.4 Å². The molecule has 0 radical (unpaired) electrons. The maximum absolute atomic E-state index is 13.3. The lowest BCUT2D eigenvalue weighted by molar-refractivity contribution is -0.122. The monoisotopic (exact) mass is 440 g/mol. The van der Waals surface area contributed by atoms with E-state index in [-0.39, 0.29) is 12.4 Å². The Kier molecular flexibility index (Phi) is 6.71. The lowest BCUT2D eigenvalue weighted by Crippen LogP contribution is -2.26. The predicted octanol–water partition coefficient (Wildman–Crippen LogP) is 4.24. The fourth-order valence-electron chi connectivity index (χ4n) is 4.00. The van der Waals surface area contributed by atoms with E-state index in [1.165, 1.54) is 11.1 Å². The predicted molar refractivity (Wildman–Crippen MR) is 128 cm³/mol. The van der Waals surface area contributed by atoms with E-state index in [2.05, 4.69) is 34.4 Å². The van der Waals surface area contributed by atoms with E-state index >= 15 is 0 Å². The van der Waals surface area contributed by atoms with Gasteiger partial charge in [0.25, 0.3) is 12.4 Å². The van der Waals surface area contributed by atoms with Crippen molar-refractivity contribution in [2.24, 2.45) is 0 Å². The summed E-state index contributed by atoms with van der Waals surface area (Å²) in [7, 11) is 2.12. The Balaban J connectivity index is 0.000000821. The highest BCUT2D eigenvalue weighted by Gasteiger charge is 2.17. The van der Waals surface area contributed by atoms with Crippen LogP contribution < -0.4 is 5.32 Å². The quantitative estimate of drug-likeness (QED) is 0.463. The van der Waals surface area contributed by atoms with Crippen LogP contribution in [-0.2, 0) is 17.8 Å². The zero-order valence-electron chi connectivity index (χ0n) is 18.2. The molecule has 166 valence electrons. The van der Waals surface area contributed by atoms with Gasteiger partial charge in [-0.3, -0.25) is 14.6 Å². The second kappa shape index (κ2) is 10.0. The van der Waals surface area contributed by atoms with Gasteiger partial charge >= 0.3 is 0 Å². The molecular weight excluding hydrogens is 416 g/mol. The van der Waals surface area contributed by atoms with Gasteiger partial charge in [0, 0.05) is 42.1 Å². The number of carbonyl (C=O) groups excluding carboxylic acids is 1. The van der Waals surface area contributed by atoms with Crippen LogP contribution in [0.5, 0.6) is 0 Å². The zero-order valence-corrected chi connectivity index (χ0v) is 18.2. The summed E-state index contributed by atoms with van der Waals surface area (Å²) < 4.78 is 0. The number of rotatable bonds is 3. The van der Waals surface area contributed by atoms with Crippen molar-refractivity contribution >= 4 is 29.0 Å². The Morgan fingerprint density at radius 1 is 1.09 bits per heavy atom. The van der Waals surface area contributed by atoms with Crippen molar-refractivity contribution in [1.29, 1.82) is 0 Å². The van der Waals surface area contributed by atoms with Crippen molar-refractivity contribution in [3.8, 4) is 11.3 Å². The van der Waals surface area contributed by atoms with Gasteiger partial charge in [-0.25, -0.2) is 4.98 Å². The number of likely N-dealkylation sites (N-methyl/N-ethyl adjacent to an activating group) is 1. The van der Waals surface area contributed by atoms with Crippen LogP contribution in [0.1, 0.15) is 21.5 Å². The summed E-state index contributed by atoms with van der Waals surface area (Å²) in [6.07, 6.45) is 4.54. The lowest BCUT2D eigenvalue weighted by Gasteiger charge is -2.25. The summed E-state index contributed by atoms with van der Waals surface area (Å²) in [6, 6.07) is 19.6. The van der Waals surface area contributed by atoms with Gasteiger partial charge in [-0.2, -0.15) is 0 Å². The molecule has 0 bridgehead atoms. The summed E-state index contributed by atoms with van der Waals surface area (Å²) in [6.45, 7) is 1.72. The molecule has 2 aromatic carbocycles. The lowest BCUT2D eigenvalue weighted by atomic mass is 9.99. The van der Waals surface area contributed by atoms with Crippen molar-refractivity contribution in [2.45, 2.75) is 13.0 Å². The summed E-state index contributed by atoms with van der Waals surface area (Å²) in [5.74, 6) is -0.136. The number of fused-ring (bicyclic) bond motifs is 2. The number of pyridine rings is 2. The van der Waals surface area contributed by atoms with E-state index in [0.717, 1.165) is 47.4 Å². The van der Waals surface area contributed by atoms with Crippen LogP contribution in [0.25, 0.3) is 22.2 Å². The van der Waals surface area contributed by atoms with E-state index < -0.39 is 0 Å². The van der Waals surface area contributed by atoms with Gasteiger partial charge in [-0.05, 0) is 61.0 Å². The van der Waals surface area contributed by atoms with E-state index in [1.54, 1.807) is 12.4 Å². The molecular formula is C26H24N4O3. The number of carbonyl (C=O) groups is 2. The minimum Gasteiger partial charge on any atom is -0.483 e. The highest BCUT2D eigenvalue weighted by atomic mass is 16.3. The Bertz CT molecular complexity index is 1290. The van der Waals surface area contributed by atoms with Crippen LogP contribution in [0.4, 0.5) is 5.69 Å². The standard InChI is InChI=1S/C25H22N4O.CH2O2/c1-29-12-10-17-8-9-20(13-19(17)16-29)27-25(30)22-14-24(18-5-4-11-26-15-18)28-23-7-3-2-6-21(22)23;2-1-3/h2-9,11,13-15H,10,12,16H2,1H3,(H,27,30);1H,(H,2,3). The largest absolute Gasteiger partial charge is 0.483 e. The van der Waals surface area contributed by atoms with Gasteiger partial charge in [0.05, 0.1) is 16.8 Å². The van der Waals surface area contributed by atoms with Crippen LogP contribution >= 0.6 is 0 Å². The molecule has 0 saturated heterocycles. The van der Waals surface area contributed by atoms with Gasteiger partial charge in [0.1, 0.15) is 0 Å². The smallest absolute Gasteiger partial charge is 0.290 e. The first-order valence-corrected chi connectivity index (χ1v) is 10.6. The molecule has 2 N–H and O–H groups in total. The molecule has 33 heavy (non-hydrogen) atoms. The first-order valence-electron chi connectivity index (χ1n) is 10.6. The molecule has 5 rings (SSSR count). The van der Waals surface area contributed by atoms with Crippen molar-refractivity contribution in [3.63, 3.8) is 0 Å². The van der Waals surface area contributed by atoms with Crippen LogP contribution in [0.15, 0.2) is 73.1 Å². The summed E-state index contributed by atoms with van der Waals surface area (Å²) >= 11 is 0. The molecule has 1 aliphatic rings. The SMILES string of the molecule is CN1CCc2ccc(NC(=O)c3cc(-c4cccnc4)nc4ccccc34)cc2C1.O=CO. The molecule has 1 amide bonds. The van der Waals surface area contributed by atoms with Crippen molar-refractivity contribution < 1.29 is 14.7 Å². The zero-order chi connectivity index (χ0) is 23.2. The minimum absolute atomic E-state index is 0.136. The maximum atomic E-state index is 13.3. The van der Waals surface area contributed by atoms with E-state index in [4.69, 9.17) is 14.9 Å². The van der Waals surface area contributed by atoms with Crippen molar-refractivity contribution in [1.82, 2.24) is 14.9 Å². The van der Waals surface area contributed by atoms with Gasteiger partial charge < -0.3 is 15.3 Å². The molecule has 7 heteroatoms. The molecule has 0 spiro atoms. The highest BCUT2D eigenvalue weighted by molar-refractivity contribution is 6.13. The highest BCUT2D eigenvalue weighted by Crippen LogP contribution is 2.26. The fraction of sp³-hybridized carbons (Fsp3) is 0.154. The Labute approximate surface area is 191 Å². The number of nitrogens with one attached hydrogen (secondary N) is 1.